The van der Waals surface area contributed by atoms with Gasteiger partial charge in [0, 0.05) is 17.5 Å². The highest BCUT2D eigenvalue weighted by Gasteiger charge is 2.18. The van der Waals surface area contributed by atoms with Gasteiger partial charge in [0.05, 0.1) is 19.3 Å². The Balaban J connectivity index is 1.84. The molecule has 78 valence electrons. The molecule has 2 rings (SSSR count). The largest absolute Gasteiger partial charge is 0.388 e. The van der Waals surface area contributed by atoms with Crippen molar-refractivity contribution in [3.8, 4) is 0 Å². The van der Waals surface area contributed by atoms with Crippen molar-refractivity contribution in [1.29, 1.82) is 0 Å². The van der Waals surface area contributed by atoms with Gasteiger partial charge in [0.15, 0.2) is 0 Å². The number of ether oxygens (including phenoxy) is 1. The van der Waals surface area contributed by atoms with Crippen molar-refractivity contribution in [1.82, 2.24) is 5.32 Å². The molecular weight excluding hydrogens is 198 g/mol. The number of aliphatic hydroxyl groups is 1. The average Bonchev–Trinajstić information content (AvgIpc) is 2.72. The molecule has 0 saturated carbocycles. The normalized spacial score (nSPS) is 24.8. The van der Waals surface area contributed by atoms with Crippen molar-refractivity contribution >= 4 is 11.3 Å². The number of thiophene rings is 1. The van der Waals surface area contributed by atoms with Crippen LogP contribution in [0.15, 0.2) is 17.5 Å². The molecule has 0 aromatic carbocycles. The summed E-state index contributed by atoms with van der Waals surface area (Å²) in [7, 11) is 0. The zero-order chi connectivity index (χ0) is 9.80. The summed E-state index contributed by atoms with van der Waals surface area (Å²) in [5.74, 6) is 0. The molecule has 4 heteroatoms. The number of aliphatic hydroxyl groups excluding tert-OH is 1. The summed E-state index contributed by atoms with van der Waals surface area (Å²) in [6.07, 6.45) is 0.384. The zero-order valence-corrected chi connectivity index (χ0v) is 8.80. The molecule has 0 radical (unpaired) electrons. The summed E-state index contributed by atoms with van der Waals surface area (Å²) < 4.78 is 5.33. The lowest BCUT2D eigenvalue weighted by molar-refractivity contribution is 0.0526. The van der Waals surface area contributed by atoms with E-state index in [0.29, 0.717) is 12.6 Å². The van der Waals surface area contributed by atoms with Gasteiger partial charge < -0.3 is 15.2 Å². The fourth-order valence-corrected chi connectivity index (χ4v) is 2.36. The summed E-state index contributed by atoms with van der Waals surface area (Å²) in [6.45, 7) is 2.38. The van der Waals surface area contributed by atoms with Crippen molar-refractivity contribution in [2.45, 2.75) is 18.6 Å². The Morgan fingerprint density at radius 1 is 1.71 bits per heavy atom. The first-order chi connectivity index (χ1) is 6.86. The Morgan fingerprint density at radius 3 is 3.29 bits per heavy atom. The monoisotopic (exact) mass is 213 g/mol. The Bertz CT molecular complexity index is 257. The van der Waals surface area contributed by atoms with Gasteiger partial charge in [-0.2, -0.15) is 0 Å². The Labute approximate surface area is 87.7 Å². The van der Waals surface area contributed by atoms with Gasteiger partial charge in [-0.15, -0.1) is 11.3 Å². The van der Waals surface area contributed by atoms with Gasteiger partial charge >= 0.3 is 0 Å². The smallest absolute Gasteiger partial charge is 0.0897 e. The number of hydrogen-bond acceptors (Lipinski definition) is 4. The Kier molecular flexibility index (Phi) is 3.53. The minimum Gasteiger partial charge on any atom is -0.388 e. The van der Waals surface area contributed by atoms with E-state index < -0.39 is 0 Å². The fraction of sp³-hybridized carbons (Fsp3) is 0.600. The molecule has 3 nitrogen and oxygen atoms in total. The van der Waals surface area contributed by atoms with Crippen LogP contribution < -0.4 is 5.32 Å². The second kappa shape index (κ2) is 4.89. The predicted molar refractivity (Wildman–Crippen MR) is 56.5 cm³/mol. The molecule has 1 fully saturated rings. The van der Waals surface area contributed by atoms with Gasteiger partial charge in [-0.05, 0) is 17.9 Å². The molecule has 1 aliphatic heterocycles. The third-order valence-electron chi connectivity index (χ3n) is 2.38. The van der Waals surface area contributed by atoms with Crippen LogP contribution in [0.4, 0.5) is 0 Å². The molecule has 14 heavy (non-hydrogen) atoms. The van der Waals surface area contributed by atoms with Gasteiger partial charge in [-0.3, -0.25) is 0 Å². The third kappa shape index (κ3) is 2.54. The van der Waals surface area contributed by atoms with Crippen LogP contribution in [-0.4, -0.2) is 30.9 Å². The number of nitrogens with one attached hydrogen (secondary N) is 1. The summed E-state index contributed by atoms with van der Waals surface area (Å²) in [4.78, 5) is 1.04. The topological polar surface area (TPSA) is 41.5 Å². The van der Waals surface area contributed by atoms with Crippen LogP contribution in [0.1, 0.15) is 17.4 Å². The standard InChI is InChI=1S/C10H15NO2S/c12-9(10-2-1-5-14-10)6-8-7-13-4-3-11-8/h1-2,5,8-9,11-12H,3-4,6-7H2/t8-,9+/m1/s1. The maximum atomic E-state index is 9.88. The third-order valence-corrected chi connectivity index (χ3v) is 3.35. The molecule has 1 aromatic rings. The first-order valence-corrected chi connectivity index (χ1v) is 5.77. The molecule has 1 saturated heterocycles. The molecule has 1 aliphatic rings. The highest BCUT2D eigenvalue weighted by molar-refractivity contribution is 7.10. The highest BCUT2D eigenvalue weighted by Crippen LogP contribution is 2.23. The SMILES string of the molecule is O[C@@H](C[C@@H]1COCCN1)c1cccs1. The maximum absolute atomic E-state index is 9.88. The van der Waals surface area contributed by atoms with E-state index in [4.69, 9.17) is 4.74 Å². The lowest BCUT2D eigenvalue weighted by atomic mass is 10.1. The Morgan fingerprint density at radius 2 is 2.64 bits per heavy atom. The first-order valence-electron chi connectivity index (χ1n) is 4.89. The summed E-state index contributed by atoms with van der Waals surface area (Å²) in [6, 6.07) is 4.23. The van der Waals surface area contributed by atoms with Crippen molar-refractivity contribution in [3.05, 3.63) is 22.4 Å². The van der Waals surface area contributed by atoms with Gasteiger partial charge in [-0.1, -0.05) is 6.07 Å². The van der Waals surface area contributed by atoms with E-state index in [1.807, 2.05) is 17.5 Å². The molecule has 0 amide bonds. The van der Waals surface area contributed by atoms with E-state index in [1.54, 1.807) is 11.3 Å². The van der Waals surface area contributed by atoms with Crippen LogP contribution in [0.2, 0.25) is 0 Å². The highest BCUT2D eigenvalue weighted by atomic mass is 32.1. The van der Waals surface area contributed by atoms with Crippen LogP contribution >= 0.6 is 11.3 Å². The van der Waals surface area contributed by atoms with Crippen LogP contribution in [0.3, 0.4) is 0 Å². The first kappa shape index (κ1) is 10.1. The molecular formula is C10H15NO2S. The maximum Gasteiger partial charge on any atom is 0.0897 e. The van der Waals surface area contributed by atoms with Gasteiger partial charge in [0.2, 0.25) is 0 Å². The quantitative estimate of drug-likeness (QED) is 0.791. The van der Waals surface area contributed by atoms with Crippen LogP contribution in [-0.2, 0) is 4.74 Å². The van der Waals surface area contributed by atoms with Crippen molar-refractivity contribution in [3.63, 3.8) is 0 Å². The van der Waals surface area contributed by atoms with E-state index in [0.717, 1.165) is 24.4 Å². The van der Waals surface area contributed by atoms with Crippen molar-refractivity contribution < 1.29 is 9.84 Å². The molecule has 0 bridgehead atoms. The van der Waals surface area contributed by atoms with Crippen LogP contribution in [0.25, 0.3) is 0 Å². The minimum atomic E-state index is -0.353. The number of rotatable bonds is 3. The Hall–Kier alpha value is -0.420. The number of hydrogen-bond donors (Lipinski definition) is 2. The van der Waals surface area contributed by atoms with E-state index in [9.17, 15) is 5.11 Å². The lowest BCUT2D eigenvalue weighted by Gasteiger charge is -2.25. The van der Waals surface area contributed by atoms with E-state index in [-0.39, 0.29) is 6.10 Å². The number of morpholine rings is 1. The fourth-order valence-electron chi connectivity index (χ4n) is 1.64. The van der Waals surface area contributed by atoms with E-state index in [2.05, 4.69) is 5.32 Å². The summed E-state index contributed by atoms with van der Waals surface area (Å²) in [5.41, 5.74) is 0. The molecule has 0 spiro atoms. The predicted octanol–water partition coefficient (Wildman–Crippen LogP) is 1.16. The molecule has 0 aliphatic carbocycles. The van der Waals surface area contributed by atoms with Crippen molar-refractivity contribution in [2.24, 2.45) is 0 Å². The van der Waals surface area contributed by atoms with Gasteiger partial charge in [0.25, 0.3) is 0 Å². The zero-order valence-electron chi connectivity index (χ0n) is 7.98. The molecule has 2 atom stereocenters. The minimum absolute atomic E-state index is 0.292. The average molecular weight is 213 g/mol. The second-order valence-electron chi connectivity index (χ2n) is 3.49. The van der Waals surface area contributed by atoms with Crippen LogP contribution in [0.5, 0.6) is 0 Å². The molecule has 2 heterocycles. The van der Waals surface area contributed by atoms with E-state index in [1.165, 1.54) is 0 Å². The molecule has 0 unspecified atom stereocenters. The van der Waals surface area contributed by atoms with E-state index >= 15 is 0 Å². The van der Waals surface area contributed by atoms with Gasteiger partial charge in [0.1, 0.15) is 0 Å². The van der Waals surface area contributed by atoms with Crippen LogP contribution in [0, 0.1) is 0 Å². The molecule has 1 aromatic heterocycles. The summed E-state index contributed by atoms with van der Waals surface area (Å²) >= 11 is 1.60. The summed E-state index contributed by atoms with van der Waals surface area (Å²) in [5, 5.41) is 15.2. The van der Waals surface area contributed by atoms with Crippen molar-refractivity contribution in [2.75, 3.05) is 19.8 Å². The molecule has 2 N–H and O–H groups in total. The van der Waals surface area contributed by atoms with Gasteiger partial charge in [-0.25, -0.2) is 0 Å². The second-order valence-corrected chi connectivity index (χ2v) is 4.47. The lowest BCUT2D eigenvalue weighted by Crippen LogP contribution is -2.41.